The lowest BCUT2D eigenvalue weighted by Gasteiger charge is -2.16. The lowest BCUT2D eigenvalue weighted by Crippen LogP contribution is -2.13. The van der Waals surface area contributed by atoms with Crippen LogP contribution in [0, 0.1) is 0 Å². The maximum absolute atomic E-state index is 2.24. The van der Waals surface area contributed by atoms with Crippen molar-refractivity contribution in [3.8, 4) is 0 Å². The minimum absolute atomic E-state index is 1.03. The number of hydrogen-bond donors (Lipinski definition) is 0. The van der Waals surface area contributed by atoms with E-state index >= 15 is 0 Å². The van der Waals surface area contributed by atoms with Crippen molar-refractivity contribution in [2.75, 3.05) is 13.6 Å². The molecule has 1 nitrogen and oxygen atoms in total. The number of likely N-dealkylation sites (N-methyl/N-ethyl adjacent to an activating group) is 1. The molecule has 0 spiro atoms. The van der Waals surface area contributed by atoms with Crippen LogP contribution in [0.25, 0.3) is 0 Å². The summed E-state index contributed by atoms with van der Waals surface area (Å²) >= 11 is 0. The second kappa shape index (κ2) is 4.15. The fourth-order valence-electron chi connectivity index (χ4n) is 1.18. The molecule has 0 saturated heterocycles. The third kappa shape index (κ3) is 2.57. The number of nitrogens with zero attached hydrogens (tertiary/aromatic N) is 1. The molecule has 0 aliphatic carbocycles. The summed E-state index contributed by atoms with van der Waals surface area (Å²) in [6.07, 6.45) is 9.92. The molecule has 0 bridgehead atoms. The van der Waals surface area contributed by atoms with Crippen LogP contribution in [0.4, 0.5) is 0 Å². The fraction of sp³-hybridized carbons (Fsp3) is 0.455. The van der Waals surface area contributed by atoms with Gasteiger partial charge in [-0.2, -0.15) is 0 Å². The van der Waals surface area contributed by atoms with Gasteiger partial charge < -0.3 is 4.90 Å². The second-order valence-electron chi connectivity index (χ2n) is 3.32. The van der Waals surface area contributed by atoms with E-state index in [1.807, 2.05) is 0 Å². The van der Waals surface area contributed by atoms with E-state index in [-0.39, 0.29) is 0 Å². The molecule has 66 valence electrons. The molecule has 1 aliphatic heterocycles. The standard InChI is InChI=1S/C11H17N/c1-4-10(2)8-11-6-5-7-12(3)9-11/h5-6,8-9H,4,7H2,1-3H3/b10-8-. The predicted molar refractivity (Wildman–Crippen MR) is 53.9 cm³/mol. The minimum atomic E-state index is 1.03. The van der Waals surface area contributed by atoms with Crippen molar-refractivity contribution in [1.82, 2.24) is 4.90 Å². The first-order valence-electron chi connectivity index (χ1n) is 4.48. The van der Waals surface area contributed by atoms with Gasteiger partial charge in [-0.15, -0.1) is 0 Å². The van der Waals surface area contributed by atoms with Crippen molar-refractivity contribution in [3.05, 3.63) is 35.6 Å². The van der Waals surface area contributed by atoms with Gasteiger partial charge in [-0.1, -0.05) is 30.7 Å². The predicted octanol–water partition coefficient (Wildman–Crippen LogP) is 2.73. The number of hydrogen-bond acceptors (Lipinski definition) is 1. The Hall–Kier alpha value is -0.980. The topological polar surface area (TPSA) is 3.24 Å². The highest BCUT2D eigenvalue weighted by atomic mass is 15.1. The van der Waals surface area contributed by atoms with Gasteiger partial charge in [-0.05, 0) is 18.9 Å². The van der Waals surface area contributed by atoms with Crippen molar-refractivity contribution in [1.29, 1.82) is 0 Å². The van der Waals surface area contributed by atoms with E-state index in [4.69, 9.17) is 0 Å². The van der Waals surface area contributed by atoms with Crippen LogP contribution in [0.15, 0.2) is 35.6 Å². The Balaban J connectivity index is 2.69. The quantitative estimate of drug-likeness (QED) is 0.605. The monoisotopic (exact) mass is 163 g/mol. The van der Waals surface area contributed by atoms with Crippen LogP contribution in [0.2, 0.25) is 0 Å². The maximum Gasteiger partial charge on any atom is 0.0354 e. The van der Waals surface area contributed by atoms with Gasteiger partial charge >= 0.3 is 0 Å². The molecule has 0 aromatic heterocycles. The molecule has 12 heavy (non-hydrogen) atoms. The Morgan fingerprint density at radius 3 is 3.00 bits per heavy atom. The van der Waals surface area contributed by atoms with Crippen LogP contribution in [0.1, 0.15) is 20.3 Å². The molecule has 0 aromatic rings. The van der Waals surface area contributed by atoms with Gasteiger partial charge in [0.15, 0.2) is 0 Å². The van der Waals surface area contributed by atoms with E-state index in [9.17, 15) is 0 Å². The zero-order valence-electron chi connectivity index (χ0n) is 8.17. The van der Waals surface area contributed by atoms with E-state index < -0.39 is 0 Å². The molecule has 0 aromatic carbocycles. The van der Waals surface area contributed by atoms with Crippen LogP contribution in [0.3, 0.4) is 0 Å². The van der Waals surface area contributed by atoms with Crippen LogP contribution >= 0.6 is 0 Å². The van der Waals surface area contributed by atoms with Gasteiger partial charge in [0, 0.05) is 19.8 Å². The first kappa shape index (κ1) is 9.11. The summed E-state index contributed by atoms with van der Waals surface area (Å²) in [7, 11) is 2.10. The molecule has 1 heteroatoms. The van der Waals surface area contributed by atoms with E-state index in [2.05, 4.69) is 50.2 Å². The molecule has 0 saturated carbocycles. The molecule has 0 atom stereocenters. The summed E-state index contributed by atoms with van der Waals surface area (Å²) < 4.78 is 0. The summed E-state index contributed by atoms with van der Waals surface area (Å²) in [6.45, 7) is 5.38. The average Bonchev–Trinajstić information content (AvgIpc) is 2.04. The van der Waals surface area contributed by atoms with Crippen LogP contribution in [0.5, 0.6) is 0 Å². The van der Waals surface area contributed by atoms with Gasteiger partial charge in [0.2, 0.25) is 0 Å². The number of allylic oxidation sites excluding steroid dienone is 4. The SMILES string of the molecule is CC/C(C)=C\C1=CN(C)CC=C1. The molecule has 0 amide bonds. The van der Waals surface area contributed by atoms with E-state index in [1.54, 1.807) is 0 Å². The summed E-state index contributed by atoms with van der Waals surface area (Å²) in [5, 5.41) is 0. The Bertz CT molecular complexity index is 233. The average molecular weight is 163 g/mol. The normalized spacial score (nSPS) is 18.1. The van der Waals surface area contributed by atoms with Gasteiger partial charge in [0.25, 0.3) is 0 Å². The third-order valence-electron chi connectivity index (χ3n) is 2.04. The highest BCUT2D eigenvalue weighted by Gasteiger charge is 1.97. The summed E-state index contributed by atoms with van der Waals surface area (Å²) in [5.41, 5.74) is 2.74. The molecule has 1 heterocycles. The van der Waals surface area contributed by atoms with E-state index in [1.165, 1.54) is 11.1 Å². The highest BCUT2D eigenvalue weighted by Crippen LogP contribution is 2.10. The Labute approximate surface area is 75.1 Å². The number of rotatable bonds is 2. The maximum atomic E-state index is 2.24. The largest absolute Gasteiger partial charge is 0.376 e. The fourth-order valence-corrected chi connectivity index (χ4v) is 1.18. The lowest BCUT2D eigenvalue weighted by molar-refractivity contribution is 0.501. The van der Waals surface area contributed by atoms with Gasteiger partial charge in [-0.25, -0.2) is 0 Å². The van der Waals surface area contributed by atoms with Gasteiger partial charge in [0.1, 0.15) is 0 Å². The van der Waals surface area contributed by atoms with Crippen LogP contribution in [-0.4, -0.2) is 18.5 Å². The smallest absolute Gasteiger partial charge is 0.0354 e. The van der Waals surface area contributed by atoms with Gasteiger partial charge in [-0.3, -0.25) is 0 Å². The molecule has 0 fully saturated rings. The Kier molecular flexibility index (Phi) is 3.15. The van der Waals surface area contributed by atoms with Crippen molar-refractivity contribution in [2.45, 2.75) is 20.3 Å². The molecule has 1 aliphatic rings. The molecule has 1 rings (SSSR count). The Morgan fingerprint density at radius 2 is 2.42 bits per heavy atom. The third-order valence-corrected chi connectivity index (χ3v) is 2.04. The molecular formula is C11H17N. The van der Waals surface area contributed by atoms with Crippen LogP contribution < -0.4 is 0 Å². The molecular weight excluding hydrogens is 146 g/mol. The molecule has 0 radical (unpaired) electrons. The van der Waals surface area contributed by atoms with E-state index in [0.29, 0.717) is 0 Å². The highest BCUT2D eigenvalue weighted by molar-refractivity contribution is 5.34. The van der Waals surface area contributed by atoms with Crippen LogP contribution in [-0.2, 0) is 0 Å². The zero-order chi connectivity index (χ0) is 8.97. The molecule has 0 unspecified atom stereocenters. The van der Waals surface area contributed by atoms with Crippen molar-refractivity contribution in [3.63, 3.8) is 0 Å². The lowest BCUT2D eigenvalue weighted by atomic mass is 10.1. The minimum Gasteiger partial charge on any atom is -0.376 e. The van der Waals surface area contributed by atoms with Crippen molar-refractivity contribution in [2.24, 2.45) is 0 Å². The second-order valence-corrected chi connectivity index (χ2v) is 3.32. The summed E-state index contributed by atoms with van der Waals surface area (Å²) in [6, 6.07) is 0. The zero-order valence-corrected chi connectivity index (χ0v) is 8.17. The summed E-state index contributed by atoms with van der Waals surface area (Å²) in [5.74, 6) is 0. The van der Waals surface area contributed by atoms with Gasteiger partial charge in [0.05, 0.1) is 0 Å². The molecule has 0 N–H and O–H groups in total. The van der Waals surface area contributed by atoms with Crippen molar-refractivity contribution < 1.29 is 0 Å². The first-order chi connectivity index (χ1) is 5.72. The Morgan fingerprint density at radius 1 is 1.67 bits per heavy atom. The van der Waals surface area contributed by atoms with Crippen molar-refractivity contribution >= 4 is 0 Å². The van der Waals surface area contributed by atoms with E-state index in [0.717, 1.165) is 13.0 Å². The summed E-state index contributed by atoms with van der Waals surface area (Å²) in [4.78, 5) is 2.19. The first-order valence-corrected chi connectivity index (χ1v) is 4.48.